The average molecular weight is 310 g/mol. The van der Waals surface area contributed by atoms with Crippen molar-refractivity contribution < 1.29 is 18.0 Å². The van der Waals surface area contributed by atoms with Gasteiger partial charge in [-0.15, -0.1) is 0 Å². The fraction of sp³-hybridized carbons (Fsp3) is 0.429. The summed E-state index contributed by atoms with van der Waals surface area (Å²) in [6.45, 7) is 4.49. The topological polar surface area (TPSA) is 83.6 Å². The standard InChI is InChI=1S/C14H18N2O4S/c1-10(2)9-15-14(18)11-4-3-5-12(8-11)16-13(17)6-7-21(16,19)20/h3-5,8,10H,6-7,9H2,1-2H3,(H,15,18). The van der Waals surface area contributed by atoms with E-state index in [1.54, 1.807) is 12.1 Å². The van der Waals surface area contributed by atoms with E-state index < -0.39 is 15.9 Å². The van der Waals surface area contributed by atoms with Gasteiger partial charge in [-0.05, 0) is 24.1 Å². The van der Waals surface area contributed by atoms with Gasteiger partial charge in [-0.3, -0.25) is 9.59 Å². The van der Waals surface area contributed by atoms with Crippen molar-refractivity contribution in [2.45, 2.75) is 20.3 Å². The van der Waals surface area contributed by atoms with E-state index in [0.29, 0.717) is 18.0 Å². The SMILES string of the molecule is CC(C)CNC(=O)c1cccc(N2C(=O)CCS2(=O)=O)c1. The van der Waals surface area contributed by atoms with Gasteiger partial charge < -0.3 is 5.32 Å². The van der Waals surface area contributed by atoms with Crippen LogP contribution in [0.2, 0.25) is 0 Å². The molecule has 0 atom stereocenters. The van der Waals surface area contributed by atoms with Gasteiger partial charge >= 0.3 is 0 Å². The second kappa shape index (κ2) is 5.85. The van der Waals surface area contributed by atoms with E-state index in [1.807, 2.05) is 13.8 Å². The van der Waals surface area contributed by atoms with E-state index in [2.05, 4.69) is 5.32 Å². The van der Waals surface area contributed by atoms with Crippen LogP contribution in [0.15, 0.2) is 24.3 Å². The number of hydrogen-bond acceptors (Lipinski definition) is 4. The Morgan fingerprint density at radius 1 is 1.38 bits per heavy atom. The largest absolute Gasteiger partial charge is 0.352 e. The maximum atomic E-state index is 12.0. The highest BCUT2D eigenvalue weighted by Crippen LogP contribution is 2.25. The molecule has 7 heteroatoms. The van der Waals surface area contributed by atoms with Gasteiger partial charge in [-0.25, -0.2) is 12.7 Å². The Bertz CT molecular complexity index is 667. The summed E-state index contributed by atoms with van der Waals surface area (Å²) < 4.78 is 24.5. The van der Waals surface area contributed by atoms with Crippen molar-refractivity contribution in [2.75, 3.05) is 16.6 Å². The number of anilines is 1. The third-order valence-electron chi connectivity index (χ3n) is 3.09. The summed E-state index contributed by atoms with van der Waals surface area (Å²) >= 11 is 0. The lowest BCUT2D eigenvalue weighted by molar-refractivity contribution is -0.116. The fourth-order valence-corrected chi connectivity index (χ4v) is 3.49. The third kappa shape index (κ3) is 3.41. The maximum absolute atomic E-state index is 12.0. The summed E-state index contributed by atoms with van der Waals surface area (Å²) in [6, 6.07) is 6.10. The van der Waals surface area contributed by atoms with Crippen molar-refractivity contribution in [3.8, 4) is 0 Å². The minimum Gasteiger partial charge on any atom is -0.352 e. The number of rotatable bonds is 4. The summed E-state index contributed by atoms with van der Waals surface area (Å²) in [6.07, 6.45) is -0.0217. The zero-order valence-corrected chi connectivity index (χ0v) is 12.8. The summed E-state index contributed by atoms with van der Waals surface area (Å²) in [7, 11) is -3.61. The molecule has 0 unspecified atom stereocenters. The van der Waals surface area contributed by atoms with E-state index >= 15 is 0 Å². The van der Waals surface area contributed by atoms with E-state index in [0.717, 1.165) is 4.31 Å². The van der Waals surface area contributed by atoms with Crippen LogP contribution in [0.25, 0.3) is 0 Å². The molecule has 1 N–H and O–H groups in total. The molecule has 0 spiro atoms. The minimum atomic E-state index is -3.61. The van der Waals surface area contributed by atoms with Crippen molar-refractivity contribution in [2.24, 2.45) is 5.92 Å². The highest BCUT2D eigenvalue weighted by molar-refractivity contribution is 7.94. The Balaban J connectivity index is 2.26. The second-order valence-corrected chi connectivity index (χ2v) is 7.32. The van der Waals surface area contributed by atoms with Crippen LogP contribution in [0.3, 0.4) is 0 Å². The number of sulfonamides is 1. The zero-order valence-electron chi connectivity index (χ0n) is 12.0. The molecule has 0 bridgehead atoms. The van der Waals surface area contributed by atoms with E-state index in [-0.39, 0.29) is 23.8 Å². The predicted molar refractivity (Wildman–Crippen MR) is 79.5 cm³/mol. The van der Waals surface area contributed by atoms with Gasteiger partial charge in [0.15, 0.2) is 0 Å². The van der Waals surface area contributed by atoms with Crippen molar-refractivity contribution in [1.82, 2.24) is 5.32 Å². The van der Waals surface area contributed by atoms with Crippen molar-refractivity contribution in [1.29, 1.82) is 0 Å². The van der Waals surface area contributed by atoms with Gasteiger partial charge in [0.2, 0.25) is 15.9 Å². The first-order valence-corrected chi connectivity index (χ1v) is 8.36. The molecule has 114 valence electrons. The van der Waals surface area contributed by atoms with Crippen LogP contribution < -0.4 is 9.62 Å². The van der Waals surface area contributed by atoms with Crippen LogP contribution in [-0.4, -0.2) is 32.5 Å². The molecule has 2 rings (SSSR count). The van der Waals surface area contributed by atoms with Crippen LogP contribution in [0.1, 0.15) is 30.6 Å². The molecule has 0 aromatic heterocycles. The van der Waals surface area contributed by atoms with Crippen LogP contribution in [-0.2, 0) is 14.8 Å². The molecule has 1 fully saturated rings. The lowest BCUT2D eigenvalue weighted by atomic mass is 10.1. The molecule has 0 saturated carbocycles. The molecule has 1 aliphatic rings. The molecule has 1 aromatic rings. The number of hydrogen-bond donors (Lipinski definition) is 1. The van der Waals surface area contributed by atoms with Crippen molar-refractivity contribution >= 4 is 27.5 Å². The Morgan fingerprint density at radius 3 is 2.67 bits per heavy atom. The van der Waals surface area contributed by atoms with Gasteiger partial charge in [0.25, 0.3) is 5.91 Å². The fourth-order valence-electron chi connectivity index (χ4n) is 2.04. The molecule has 1 saturated heterocycles. The molecule has 0 aliphatic carbocycles. The first-order chi connectivity index (χ1) is 9.81. The van der Waals surface area contributed by atoms with E-state index in [9.17, 15) is 18.0 Å². The Hall–Kier alpha value is -1.89. The first kappa shape index (κ1) is 15.5. The molecular weight excluding hydrogens is 292 g/mol. The second-order valence-electron chi connectivity index (χ2n) is 5.38. The summed E-state index contributed by atoms with van der Waals surface area (Å²) in [5.74, 6) is -0.614. The Morgan fingerprint density at radius 2 is 2.10 bits per heavy atom. The predicted octanol–water partition coefficient (Wildman–Crippen LogP) is 1.14. The minimum absolute atomic E-state index is 0.0217. The first-order valence-electron chi connectivity index (χ1n) is 6.75. The lowest BCUT2D eigenvalue weighted by Crippen LogP contribution is -2.30. The normalized spacial score (nSPS) is 17.3. The molecule has 6 nitrogen and oxygen atoms in total. The van der Waals surface area contributed by atoms with Crippen LogP contribution in [0.4, 0.5) is 5.69 Å². The molecular formula is C14H18N2O4S. The Kier molecular flexibility index (Phi) is 4.32. The van der Waals surface area contributed by atoms with E-state index in [4.69, 9.17) is 0 Å². The third-order valence-corrected chi connectivity index (χ3v) is 4.78. The van der Waals surface area contributed by atoms with Gasteiger partial charge in [0, 0.05) is 18.5 Å². The van der Waals surface area contributed by atoms with Crippen molar-refractivity contribution in [3.63, 3.8) is 0 Å². The Labute approximate surface area is 124 Å². The van der Waals surface area contributed by atoms with Crippen LogP contribution >= 0.6 is 0 Å². The quantitative estimate of drug-likeness (QED) is 0.904. The summed E-state index contributed by atoms with van der Waals surface area (Å²) in [5.41, 5.74) is 0.553. The molecule has 0 radical (unpaired) electrons. The number of benzene rings is 1. The average Bonchev–Trinajstić information content (AvgIpc) is 2.70. The van der Waals surface area contributed by atoms with Gasteiger partial charge in [0.1, 0.15) is 0 Å². The summed E-state index contributed by atoms with van der Waals surface area (Å²) in [5, 5.41) is 2.76. The molecule has 1 aliphatic heterocycles. The molecule has 21 heavy (non-hydrogen) atoms. The molecule has 1 heterocycles. The highest BCUT2D eigenvalue weighted by Gasteiger charge is 2.36. The van der Waals surface area contributed by atoms with Crippen molar-refractivity contribution in [3.05, 3.63) is 29.8 Å². The van der Waals surface area contributed by atoms with Gasteiger partial charge in [-0.1, -0.05) is 19.9 Å². The maximum Gasteiger partial charge on any atom is 0.251 e. The summed E-state index contributed by atoms with van der Waals surface area (Å²) in [4.78, 5) is 23.7. The molecule has 2 amide bonds. The monoisotopic (exact) mass is 310 g/mol. The van der Waals surface area contributed by atoms with Gasteiger partial charge in [0.05, 0.1) is 11.4 Å². The highest BCUT2D eigenvalue weighted by atomic mass is 32.2. The number of amides is 2. The number of carbonyl (C=O) groups is 2. The van der Waals surface area contributed by atoms with E-state index in [1.165, 1.54) is 12.1 Å². The number of carbonyl (C=O) groups excluding carboxylic acids is 2. The molecule has 1 aromatic carbocycles. The zero-order chi connectivity index (χ0) is 15.6. The van der Waals surface area contributed by atoms with Crippen LogP contribution in [0, 0.1) is 5.92 Å². The number of nitrogens with one attached hydrogen (secondary N) is 1. The smallest absolute Gasteiger partial charge is 0.251 e. The van der Waals surface area contributed by atoms with Crippen LogP contribution in [0.5, 0.6) is 0 Å². The number of nitrogens with zero attached hydrogens (tertiary/aromatic N) is 1. The lowest BCUT2D eigenvalue weighted by Gasteiger charge is -2.16. The van der Waals surface area contributed by atoms with Gasteiger partial charge in [-0.2, -0.15) is 0 Å².